The number of benzene rings is 2. The molecule has 0 saturated heterocycles. The number of thiazole rings is 1. The van der Waals surface area contributed by atoms with Crippen molar-refractivity contribution in [1.82, 2.24) is 4.57 Å². The molecule has 30 heavy (non-hydrogen) atoms. The zero-order valence-electron chi connectivity index (χ0n) is 16.2. The summed E-state index contributed by atoms with van der Waals surface area (Å²) < 4.78 is 39.2. The van der Waals surface area contributed by atoms with Crippen LogP contribution in [-0.4, -0.2) is 38.0 Å². The lowest BCUT2D eigenvalue weighted by atomic mass is 10.2. The molecule has 158 valence electrons. The fourth-order valence-corrected chi connectivity index (χ4v) is 5.07. The Morgan fingerprint density at radius 3 is 2.73 bits per heavy atom. The number of nitrogens with zero attached hydrogens (tertiary/aromatic N) is 2. The minimum atomic E-state index is -3.72. The SMILES string of the molecule is CCS(=O)(=O)N(CC(=O)Nc1ccc2c(c1)sc(=O)n2C)c1ccc2c(c1)OCO2. The molecule has 9 nitrogen and oxygen atoms in total. The molecule has 0 spiro atoms. The number of ether oxygens (including phenoxy) is 2. The third kappa shape index (κ3) is 3.73. The quantitative estimate of drug-likeness (QED) is 0.618. The maximum absolute atomic E-state index is 12.7. The molecule has 1 amide bonds. The molecule has 0 radical (unpaired) electrons. The first-order valence-corrected chi connectivity index (χ1v) is 11.5. The smallest absolute Gasteiger partial charge is 0.307 e. The number of carbonyl (C=O) groups is 1. The van der Waals surface area contributed by atoms with Crippen LogP contribution in [0, 0.1) is 0 Å². The Hall–Kier alpha value is -3.05. The number of aromatic nitrogens is 1. The van der Waals surface area contributed by atoms with E-state index in [1.165, 1.54) is 17.6 Å². The van der Waals surface area contributed by atoms with Gasteiger partial charge in [-0.25, -0.2) is 8.42 Å². The molecule has 1 aliphatic heterocycles. The van der Waals surface area contributed by atoms with Crippen molar-refractivity contribution < 1.29 is 22.7 Å². The standard InChI is InChI=1S/C19H19N3O6S2/c1-3-30(25,26)22(13-5-7-15-16(9-13)28-11-27-15)10-18(23)20-12-4-6-14-17(8-12)29-19(24)21(14)2/h4-9H,3,10-11H2,1-2H3,(H,20,23). The summed E-state index contributed by atoms with van der Waals surface area (Å²) >= 11 is 1.07. The first-order valence-electron chi connectivity index (χ1n) is 9.08. The summed E-state index contributed by atoms with van der Waals surface area (Å²) in [7, 11) is -2.04. The highest BCUT2D eigenvalue weighted by Gasteiger charge is 2.26. The normalized spacial score (nSPS) is 12.9. The molecule has 0 bridgehead atoms. The van der Waals surface area contributed by atoms with Gasteiger partial charge in [0.25, 0.3) is 0 Å². The minimum absolute atomic E-state index is 0.0633. The van der Waals surface area contributed by atoms with Crippen LogP contribution in [0.2, 0.25) is 0 Å². The van der Waals surface area contributed by atoms with Gasteiger partial charge < -0.3 is 19.4 Å². The summed E-state index contributed by atoms with van der Waals surface area (Å²) in [5.41, 5.74) is 1.56. The number of fused-ring (bicyclic) bond motifs is 2. The van der Waals surface area contributed by atoms with Crippen molar-refractivity contribution in [1.29, 1.82) is 0 Å². The van der Waals surface area contributed by atoms with Crippen LogP contribution in [0.5, 0.6) is 11.5 Å². The molecule has 0 atom stereocenters. The Morgan fingerprint density at radius 2 is 1.97 bits per heavy atom. The van der Waals surface area contributed by atoms with Gasteiger partial charge in [-0.05, 0) is 37.3 Å². The minimum Gasteiger partial charge on any atom is -0.454 e. The van der Waals surface area contributed by atoms with Gasteiger partial charge in [0.2, 0.25) is 22.7 Å². The number of anilines is 2. The molecule has 2 aromatic carbocycles. The predicted molar refractivity (Wildman–Crippen MR) is 115 cm³/mol. The third-order valence-electron chi connectivity index (χ3n) is 4.71. The number of hydrogen-bond acceptors (Lipinski definition) is 7. The van der Waals surface area contributed by atoms with E-state index < -0.39 is 22.5 Å². The van der Waals surface area contributed by atoms with Gasteiger partial charge in [-0.15, -0.1) is 0 Å². The molecule has 1 aromatic heterocycles. The Balaban J connectivity index is 1.58. The first kappa shape index (κ1) is 20.2. The van der Waals surface area contributed by atoms with Crippen molar-refractivity contribution >= 4 is 48.9 Å². The van der Waals surface area contributed by atoms with E-state index >= 15 is 0 Å². The van der Waals surface area contributed by atoms with E-state index in [1.54, 1.807) is 37.4 Å². The molecule has 1 N–H and O–H groups in total. The third-order valence-corrected chi connectivity index (χ3v) is 7.44. The summed E-state index contributed by atoms with van der Waals surface area (Å²) in [6.07, 6.45) is 0. The molecule has 0 saturated carbocycles. The highest BCUT2D eigenvalue weighted by Crippen LogP contribution is 2.36. The zero-order valence-corrected chi connectivity index (χ0v) is 17.9. The molecular weight excluding hydrogens is 430 g/mol. The summed E-state index contributed by atoms with van der Waals surface area (Å²) in [5, 5.41) is 2.71. The van der Waals surface area contributed by atoms with E-state index in [9.17, 15) is 18.0 Å². The molecule has 2 heterocycles. The lowest BCUT2D eigenvalue weighted by Gasteiger charge is -2.23. The molecule has 1 aliphatic rings. The van der Waals surface area contributed by atoms with Crippen LogP contribution in [0.4, 0.5) is 11.4 Å². The number of aryl methyl sites for hydroxylation is 1. The lowest BCUT2D eigenvalue weighted by Crippen LogP contribution is -2.39. The molecule has 0 aliphatic carbocycles. The van der Waals surface area contributed by atoms with Crippen LogP contribution in [0.15, 0.2) is 41.2 Å². The van der Waals surface area contributed by atoms with E-state index in [4.69, 9.17) is 9.47 Å². The average Bonchev–Trinajstić information content (AvgIpc) is 3.29. The predicted octanol–water partition coefficient (Wildman–Crippen LogP) is 2.12. The van der Waals surface area contributed by atoms with Gasteiger partial charge >= 0.3 is 4.87 Å². The lowest BCUT2D eigenvalue weighted by molar-refractivity contribution is -0.114. The summed E-state index contributed by atoms with van der Waals surface area (Å²) in [5.74, 6) is 0.270. The summed E-state index contributed by atoms with van der Waals surface area (Å²) in [6, 6.07) is 9.82. The van der Waals surface area contributed by atoms with Crippen molar-refractivity contribution in [3.8, 4) is 11.5 Å². The van der Waals surface area contributed by atoms with Crippen LogP contribution in [-0.2, 0) is 21.9 Å². The van der Waals surface area contributed by atoms with E-state index in [1.807, 2.05) is 0 Å². The summed E-state index contributed by atoms with van der Waals surface area (Å²) in [4.78, 5) is 24.4. The van der Waals surface area contributed by atoms with E-state index in [0.29, 0.717) is 22.9 Å². The number of hydrogen-bond donors (Lipinski definition) is 1. The van der Waals surface area contributed by atoms with Crippen LogP contribution in [0.3, 0.4) is 0 Å². The van der Waals surface area contributed by atoms with E-state index in [-0.39, 0.29) is 17.4 Å². The van der Waals surface area contributed by atoms with Gasteiger partial charge in [0.1, 0.15) is 6.54 Å². The molecular formula is C19H19N3O6S2. The van der Waals surface area contributed by atoms with Gasteiger partial charge in [-0.3, -0.25) is 13.9 Å². The van der Waals surface area contributed by atoms with Crippen LogP contribution in [0.1, 0.15) is 6.92 Å². The molecule has 4 rings (SSSR count). The van der Waals surface area contributed by atoms with Crippen LogP contribution >= 0.6 is 11.3 Å². The highest BCUT2D eigenvalue weighted by atomic mass is 32.2. The largest absolute Gasteiger partial charge is 0.454 e. The van der Waals surface area contributed by atoms with Crippen molar-refractivity contribution in [3.05, 3.63) is 46.1 Å². The van der Waals surface area contributed by atoms with Gasteiger partial charge in [0, 0.05) is 18.8 Å². The molecule has 11 heteroatoms. The maximum Gasteiger partial charge on any atom is 0.307 e. The highest BCUT2D eigenvalue weighted by molar-refractivity contribution is 7.92. The Bertz CT molecular complexity index is 1300. The van der Waals surface area contributed by atoms with Gasteiger partial charge in [-0.2, -0.15) is 0 Å². The number of rotatable bonds is 6. The zero-order chi connectivity index (χ0) is 21.5. The Kier molecular flexibility index (Phi) is 5.16. The van der Waals surface area contributed by atoms with Crippen molar-refractivity contribution in [2.24, 2.45) is 7.05 Å². The van der Waals surface area contributed by atoms with Crippen molar-refractivity contribution in [3.63, 3.8) is 0 Å². The van der Waals surface area contributed by atoms with Gasteiger partial charge in [0.05, 0.1) is 21.7 Å². The van der Waals surface area contributed by atoms with Crippen molar-refractivity contribution in [2.75, 3.05) is 28.7 Å². The monoisotopic (exact) mass is 449 g/mol. The topological polar surface area (TPSA) is 107 Å². The van der Waals surface area contributed by atoms with E-state index in [0.717, 1.165) is 25.9 Å². The second-order valence-corrected chi connectivity index (χ2v) is 9.78. The number of carbonyl (C=O) groups excluding carboxylic acids is 1. The Morgan fingerprint density at radius 1 is 1.20 bits per heavy atom. The van der Waals surface area contributed by atoms with Gasteiger partial charge in [0.15, 0.2) is 11.5 Å². The Labute approximate surface area is 176 Å². The van der Waals surface area contributed by atoms with Crippen LogP contribution in [0.25, 0.3) is 10.2 Å². The fraction of sp³-hybridized carbons (Fsp3) is 0.263. The first-order chi connectivity index (χ1) is 14.3. The fourth-order valence-electron chi connectivity index (χ4n) is 3.09. The number of sulfonamides is 1. The molecule has 0 unspecified atom stereocenters. The number of nitrogens with one attached hydrogen (secondary N) is 1. The summed E-state index contributed by atoms with van der Waals surface area (Å²) in [6.45, 7) is 1.17. The maximum atomic E-state index is 12.7. The number of amides is 1. The van der Waals surface area contributed by atoms with Crippen molar-refractivity contribution in [2.45, 2.75) is 6.92 Å². The second-order valence-electron chi connectivity index (χ2n) is 6.60. The average molecular weight is 450 g/mol. The molecule has 3 aromatic rings. The van der Waals surface area contributed by atoms with E-state index in [2.05, 4.69) is 5.32 Å². The molecule has 0 fully saturated rings. The van der Waals surface area contributed by atoms with Crippen LogP contribution < -0.4 is 24.0 Å². The second kappa shape index (κ2) is 7.65. The van der Waals surface area contributed by atoms with Gasteiger partial charge in [-0.1, -0.05) is 11.3 Å².